The third-order valence-corrected chi connectivity index (χ3v) is 6.45. The van der Waals surface area contributed by atoms with Crippen molar-refractivity contribution in [2.75, 3.05) is 48.8 Å². The first kappa shape index (κ1) is 25.3. The highest BCUT2D eigenvalue weighted by Gasteiger charge is 2.40. The smallest absolute Gasteiger partial charge is 0.315 e. The molecule has 2 aromatic rings. The molecule has 0 radical (unpaired) electrons. The first-order chi connectivity index (χ1) is 18.2. The van der Waals surface area contributed by atoms with E-state index in [0.717, 1.165) is 19.2 Å². The topological polar surface area (TPSA) is 89.2 Å². The summed E-state index contributed by atoms with van der Waals surface area (Å²) in [5.74, 6) is -4.30. The van der Waals surface area contributed by atoms with E-state index in [0.29, 0.717) is 24.5 Å². The number of fused-ring (bicyclic) bond motifs is 1. The van der Waals surface area contributed by atoms with Crippen LogP contribution < -0.4 is 15.5 Å². The SMILES string of the molecule is C=CC(=O)Nc1cccc(C(F)(F)c2nc(Nc3ccc(N4CCN(C)CC4)c(F)c3)[nH]c3nccc2-3)c1. The number of carbonyl (C=O) groups is 1. The highest BCUT2D eigenvalue weighted by atomic mass is 19.3. The number of likely N-dealkylation sites (N-methyl/N-ethyl adjacent to an activating group) is 1. The lowest BCUT2D eigenvalue weighted by molar-refractivity contribution is -0.111. The van der Waals surface area contributed by atoms with Crippen LogP contribution in [0.1, 0.15) is 11.3 Å². The van der Waals surface area contributed by atoms with Crippen molar-refractivity contribution in [3.05, 3.63) is 84.5 Å². The van der Waals surface area contributed by atoms with Crippen LogP contribution in [0.25, 0.3) is 11.4 Å². The van der Waals surface area contributed by atoms with Gasteiger partial charge in [0.1, 0.15) is 17.3 Å². The fraction of sp³-hybridized carbons (Fsp3) is 0.222. The molecule has 1 fully saturated rings. The van der Waals surface area contributed by atoms with Gasteiger partial charge in [-0.1, -0.05) is 18.7 Å². The van der Waals surface area contributed by atoms with E-state index in [2.05, 4.69) is 37.1 Å². The predicted molar refractivity (Wildman–Crippen MR) is 141 cm³/mol. The Morgan fingerprint density at radius 1 is 1.11 bits per heavy atom. The summed E-state index contributed by atoms with van der Waals surface area (Å²) in [4.78, 5) is 27.0. The summed E-state index contributed by atoms with van der Waals surface area (Å²) in [6.07, 6.45) is 2.45. The van der Waals surface area contributed by atoms with Crippen LogP contribution in [0, 0.1) is 5.82 Å². The third kappa shape index (κ3) is 5.05. The lowest BCUT2D eigenvalue weighted by Gasteiger charge is -2.34. The zero-order chi connectivity index (χ0) is 26.9. The minimum Gasteiger partial charge on any atom is -0.367 e. The Labute approximate surface area is 217 Å². The summed E-state index contributed by atoms with van der Waals surface area (Å²) in [6, 6.07) is 11.5. The Hall–Kier alpha value is -4.38. The number of benzene rings is 2. The van der Waals surface area contributed by atoms with E-state index in [1.54, 1.807) is 12.1 Å². The number of aromatic nitrogens is 3. The summed E-state index contributed by atoms with van der Waals surface area (Å²) in [7, 11) is 2.03. The van der Waals surface area contributed by atoms with Crippen molar-refractivity contribution in [1.29, 1.82) is 0 Å². The zero-order valence-electron chi connectivity index (χ0n) is 20.6. The van der Waals surface area contributed by atoms with Crippen LogP contribution in [-0.2, 0) is 10.7 Å². The van der Waals surface area contributed by atoms with Crippen molar-refractivity contribution in [3.63, 3.8) is 0 Å². The monoisotopic (exact) mass is 521 g/mol. The van der Waals surface area contributed by atoms with Crippen LogP contribution in [-0.4, -0.2) is 59.0 Å². The summed E-state index contributed by atoms with van der Waals surface area (Å²) in [5, 5.41) is 5.38. The second-order valence-corrected chi connectivity index (χ2v) is 9.07. The molecule has 0 atom stereocenters. The van der Waals surface area contributed by atoms with Crippen LogP contribution >= 0.6 is 0 Å². The van der Waals surface area contributed by atoms with Crippen LogP contribution in [0.4, 0.5) is 36.2 Å². The molecule has 11 heteroatoms. The molecule has 196 valence electrons. The van der Waals surface area contributed by atoms with Gasteiger partial charge in [-0.25, -0.2) is 14.4 Å². The van der Waals surface area contributed by atoms with Gasteiger partial charge < -0.3 is 25.4 Å². The largest absolute Gasteiger partial charge is 0.367 e. The molecule has 0 aliphatic carbocycles. The van der Waals surface area contributed by atoms with E-state index in [-0.39, 0.29) is 28.6 Å². The molecule has 8 nitrogen and oxygen atoms in total. The van der Waals surface area contributed by atoms with Crippen molar-refractivity contribution < 1.29 is 18.0 Å². The number of hydrogen-bond donors (Lipinski definition) is 3. The molecular formula is C27H26F3N7O. The van der Waals surface area contributed by atoms with Crippen LogP contribution in [0.2, 0.25) is 0 Å². The third-order valence-electron chi connectivity index (χ3n) is 6.45. The maximum absolute atomic E-state index is 15.8. The lowest BCUT2D eigenvalue weighted by Crippen LogP contribution is -2.44. The van der Waals surface area contributed by atoms with Crippen LogP contribution in [0.15, 0.2) is 67.4 Å². The quantitative estimate of drug-likeness (QED) is 0.303. The van der Waals surface area contributed by atoms with Crippen LogP contribution in [0.3, 0.4) is 0 Å². The van der Waals surface area contributed by atoms with E-state index in [9.17, 15) is 9.18 Å². The molecule has 3 N–H and O–H groups in total. The number of H-pyrrole nitrogens is 1. The highest BCUT2D eigenvalue weighted by molar-refractivity contribution is 5.98. The fourth-order valence-corrected chi connectivity index (χ4v) is 4.38. The number of nitrogens with one attached hydrogen (secondary N) is 3. The number of aromatic amines is 1. The number of halogens is 3. The van der Waals surface area contributed by atoms with Gasteiger partial charge in [0.15, 0.2) is 0 Å². The molecule has 1 amide bonds. The molecular weight excluding hydrogens is 495 g/mol. The molecule has 2 aromatic carbocycles. The van der Waals surface area contributed by atoms with E-state index in [4.69, 9.17) is 0 Å². The molecule has 0 aromatic heterocycles. The molecule has 3 aliphatic rings. The van der Waals surface area contributed by atoms with E-state index in [1.165, 1.54) is 42.6 Å². The second kappa shape index (κ2) is 10.2. The minimum absolute atomic E-state index is 0.0197. The Kier molecular flexibility index (Phi) is 6.77. The maximum atomic E-state index is 15.8. The summed E-state index contributed by atoms with van der Waals surface area (Å²) in [5.41, 5.74) is 0.267. The second-order valence-electron chi connectivity index (χ2n) is 9.07. The van der Waals surface area contributed by atoms with E-state index >= 15 is 8.78 Å². The molecule has 3 aliphatic heterocycles. The molecule has 0 bridgehead atoms. The molecule has 0 unspecified atom stereocenters. The van der Waals surface area contributed by atoms with Crippen molar-refractivity contribution in [2.24, 2.45) is 0 Å². The number of alkyl halides is 2. The number of nitrogens with zero attached hydrogens (tertiary/aromatic N) is 4. The Morgan fingerprint density at radius 3 is 2.63 bits per heavy atom. The Bertz CT molecular complexity index is 1450. The van der Waals surface area contributed by atoms with Crippen molar-refractivity contribution in [3.8, 4) is 11.4 Å². The number of anilines is 4. The van der Waals surface area contributed by atoms with Crippen molar-refractivity contribution in [1.82, 2.24) is 19.9 Å². The van der Waals surface area contributed by atoms with Crippen molar-refractivity contribution in [2.45, 2.75) is 5.92 Å². The average molecular weight is 522 g/mol. The maximum Gasteiger partial charge on any atom is 0.315 e. The van der Waals surface area contributed by atoms with Gasteiger partial charge in [0.05, 0.1) is 5.69 Å². The summed E-state index contributed by atoms with van der Waals surface area (Å²) >= 11 is 0. The number of hydrogen-bond acceptors (Lipinski definition) is 6. The van der Waals surface area contributed by atoms with Crippen LogP contribution in [0.5, 0.6) is 0 Å². The number of piperazine rings is 1. The van der Waals surface area contributed by atoms with E-state index in [1.807, 2.05) is 11.9 Å². The lowest BCUT2D eigenvalue weighted by atomic mass is 10.0. The Morgan fingerprint density at radius 2 is 1.89 bits per heavy atom. The van der Waals surface area contributed by atoms with Gasteiger partial charge >= 0.3 is 5.92 Å². The standard InChI is InChI=1S/C27H26F3N7O/c1-3-23(38)32-18-6-4-5-17(15-18)27(29,30)24-20-9-10-31-25(20)35-26(34-24)33-19-7-8-22(21(28)16-19)37-13-11-36(2)12-14-37/h3-10,15-16H,1,11-14H2,2H3,(H,32,38)(H2,31,33,34,35). The minimum atomic E-state index is -3.54. The first-order valence-electron chi connectivity index (χ1n) is 12.0. The number of rotatable bonds is 7. The number of amides is 1. The Balaban J connectivity index is 1.45. The van der Waals surface area contributed by atoms with Gasteiger partial charge in [-0.2, -0.15) is 8.78 Å². The van der Waals surface area contributed by atoms with Gasteiger partial charge in [0.2, 0.25) is 11.9 Å². The predicted octanol–water partition coefficient (Wildman–Crippen LogP) is 4.81. The highest BCUT2D eigenvalue weighted by Crippen LogP contribution is 2.41. The molecule has 38 heavy (non-hydrogen) atoms. The van der Waals surface area contributed by atoms with E-state index < -0.39 is 23.3 Å². The molecule has 3 heterocycles. The molecule has 1 saturated heterocycles. The van der Waals surface area contributed by atoms with Crippen molar-refractivity contribution >= 4 is 28.9 Å². The van der Waals surface area contributed by atoms with Gasteiger partial charge in [0.25, 0.3) is 0 Å². The van der Waals surface area contributed by atoms with Gasteiger partial charge in [0, 0.05) is 54.9 Å². The molecule has 5 rings (SSSR count). The number of carbonyl (C=O) groups excluding carboxylic acids is 1. The summed E-state index contributed by atoms with van der Waals surface area (Å²) in [6.45, 7) is 6.48. The van der Waals surface area contributed by atoms with Gasteiger partial charge in [-0.15, -0.1) is 0 Å². The first-order valence-corrected chi connectivity index (χ1v) is 12.0. The fourth-order valence-electron chi connectivity index (χ4n) is 4.38. The molecule has 0 spiro atoms. The van der Waals surface area contributed by atoms with Gasteiger partial charge in [-0.05, 0) is 49.5 Å². The zero-order valence-corrected chi connectivity index (χ0v) is 20.6. The average Bonchev–Trinajstić information content (AvgIpc) is 3.38. The normalized spacial score (nSPS) is 14.5. The summed E-state index contributed by atoms with van der Waals surface area (Å²) < 4.78 is 46.6. The molecule has 0 saturated carbocycles. The van der Waals surface area contributed by atoms with Gasteiger partial charge in [-0.3, -0.25) is 4.79 Å².